The van der Waals surface area contributed by atoms with E-state index < -0.39 is 5.97 Å². The molecule has 0 atom stereocenters. The summed E-state index contributed by atoms with van der Waals surface area (Å²) < 4.78 is 15.3. The summed E-state index contributed by atoms with van der Waals surface area (Å²) in [5, 5.41) is 3.51. The van der Waals surface area contributed by atoms with Crippen LogP contribution in [0.4, 0.5) is 0 Å². The van der Waals surface area contributed by atoms with Crippen LogP contribution in [0.25, 0.3) is 6.08 Å². The predicted octanol–water partition coefficient (Wildman–Crippen LogP) is 3.93. The van der Waals surface area contributed by atoms with E-state index in [1.807, 2.05) is 12.1 Å². The molecule has 2 rings (SSSR count). The fourth-order valence-electron chi connectivity index (χ4n) is 2.40. The number of hydrogen-bond acceptors (Lipinski definition) is 5. The summed E-state index contributed by atoms with van der Waals surface area (Å²) in [6, 6.07) is 10.5. The number of nitrogens with one attached hydrogen (secondary N) is 1. The molecule has 1 N–H and O–H groups in total. The summed E-state index contributed by atoms with van der Waals surface area (Å²) in [6.45, 7) is 0.0292. The number of hydrogen-bond donors (Lipinski definition) is 1. The van der Waals surface area contributed by atoms with Crippen molar-refractivity contribution in [2.75, 3.05) is 27.4 Å². The maximum Gasteiger partial charge on any atom is 0.331 e. The number of carbonyl (C=O) groups is 2. The molecule has 0 bridgehead atoms. The molecule has 2 aromatic rings. The first kappa shape index (κ1) is 22.6. The van der Waals surface area contributed by atoms with Crippen LogP contribution < -0.4 is 14.8 Å². The van der Waals surface area contributed by atoms with Gasteiger partial charge in [0, 0.05) is 12.6 Å². The second-order valence-corrected chi connectivity index (χ2v) is 6.72. The van der Waals surface area contributed by atoms with Crippen molar-refractivity contribution in [2.24, 2.45) is 0 Å². The molecule has 0 aromatic heterocycles. The number of benzene rings is 2. The topological polar surface area (TPSA) is 73.9 Å². The lowest BCUT2D eigenvalue weighted by atomic mass is 10.1. The molecular weight excluding hydrogens is 417 g/mol. The number of carbonyl (C=O) groups excluding carboxylic acids is 2. The Hall–Kier alpha value is -2.70. The third kappa shape index (κ3) is 7.33. The summed E-state index contributed by atoms with van der Waals surface area (Å²) in [7, 11) is 3.13. The van der Waals surface area contributed by atoms with Gasteiger partial charge in [0.2, 0.25) is 0 Å². The van der Waals surface area contributed by atoms with Crippen molar-refractivity contribution in [3.05, 3.63) is 63.6 Å². The summed E-state index contributed by atoms with van der Waals surface area (Å²) in [5.74, 6) is 0.244. The van der Waals surface area contributed by atoms with Gasteiger partial charge in [0.15, 0.2) is 18.1 Å². The number of esters is 1. The highest BCUT2D eigenvalue weighted by atomic mass is 35.5. The lowest BCUT2D eigenvalue weighted by Crippen LogP contribution is -2.30. The lowest BCUT2D eigenvalue weighted by Gasteiger charge is -2.10. The van der Waals surface area contributed by atoms with Crippen LogP contribution in [0.3, 0.4) is 0 Å². The Bertz CT molecular complexity index is 899. The van der Waals surface area contributed by atoms with Gasteiger partial charge < -0.3 is 19.5 Å². The van der Waals surface area contributed by atoms with Crippen LogP contribution in [0.2, 0.25) is 10.0 Å². The van der Waals surface area contributed by atoms with Gasteiger partial charge in [0.25, 0.3) is 5.91 Å². The summed E-state index contributed by atoms with van der Waals surface area (Å²) >= 11 is 11.7. The van der Waals surface area contributed by atoms with Crippen LogP contribution in [0.15, 0.2) is 42.5 Å². The van der Waals surface area contributed by atoms with Crippen molar-refractivity contribution in [1.82, 2.24) is 5.32 Å². The van der Waals surface area contributed by atoms with Crippen molar-refractivity contribution in [3.63, 3.8) is 0 Å². The van der Waals surface area contributed by atoms with Gasteiger partial charge in [-0.2, -0.15) is 0 Å². The monoisotopic (exact) mass is 437 g/mol. The highest BCUT2D eigenvalue weighted by Crippen LogP contribution is 2.27. The highest BCUT2D eigenvalue weighted by molar-refractivity contribution is 6.42. The molecular formula is C21H21Cl2NO5. The Morgan fingerprint density at radius 3 is 2.45 bits per heavy atom. The maximum absolute atomic E-state index is 11.8. The van der Waals surface area contributed by atoms with Crippen molar-refractivity contribution < 1.29 is 23.8 Å². The van der Waals surface area contributed by atoms with Gasteiger partial charge in [-0.25, -0.2) is 4.79 Å². The zero-order valence-electron chi connectivity index (χ0n) is 16.0. The number of rotatable bonds is 9. The normalized spacial score (nSPS) is 10.6. The Morgan fingerprint density at radius 1 is 1.00 bits per heavy atom. The minimum absolute atomic E-state index is 0.365. The summed E-state index contributed by atoms with van der Waals surface area (Å²) in [5.41, 5.74) is 1.67. The molecule has 0 spiro atoms. The van der Waals surface area contributed by atoms with Gasteiger partial charge in [-0.3, -0.25) is 4.79 Å². The molecule has 0 aliphatic heterocycles. The molecule has 0 fully saturated rings. The Labute approximate surface area is 179 Å². The average Bonchev–Trinajstić information content (AvgIpc) is 2.72. The van der Waals surface area contributed by atoms with E-state index in [-0.39, 0.29) is 12.5 Å². The maximum atomic E-state index is 11.8. The molecule has 6 nitrogen and oxygen atoms in total. The van der Waals surface area contributed by atoms with Gasteiger partial charge >= 0.3 is 5.97 Å². The van der Waals surface area contributed by atoms with E-state index in [1.54, 1.807) is 38.5 Å². The first-order valence-corrected chi connectivity index (χ1v) is 9.46. The van der Waals surface area contributed by atoms with Crippen LogP contribution >= 0.6 is 23.2 Å². The molecule has 29 heavy (non-hydrogen) atoms. The van der Waals surface area contributed by atoms with Crippen LogP contribution in [-0.2, 0) is 20.7 Å². The van der Waals surface area contributed by atoms with Gasteiger partial charge in [-0.1, -0.05) is 35.3 Å². The van der Waals surface area contributed by atoms with E-state index in [4.69, 9.17) is 37.4 Å². The Morgan fingerprint density at radius 2 is 1.76 bits per heavy atom. The summed E-state index contributed by atoms with van der Waals surface area (Å²) in [6.07, 6.45) is 3.34. The molecule has 0 heterocycles. The molecule has 0 saturated carbocycles. The molecule has 0 aliphatic rings. The van der Waals surface area contributed by atoms with Gasteiger partial charge in [-0.05, 0) is 47.9 Å². The molecule has 1 amide bonds. The lowest BCUT2D eigenvalue weighted by molar-refractivity contribution is -0.143. The van der Waals surface area contributed by atoms with E-state index in [2.05, 4.69) is 5.32 Å². The smallest absolute Gasteiger partial charge is 0.331 e. The van der Waals surface area contributed by atoms with Crippen LogP contribution in [0.5, 0.6) is 11.5 Å². The largest absolute Gasteiger partial charge is 0.493 e. The SMILES string of the molecule is COc1ccc(CCNC(=O)COC(=O)/C=C/c2ccc(Cl)c(Cl)c2)cc1OC. The Balaban J connectivity index is 1.73. The fourth-order valence-corrected chi connectivity index (χ4v) is 2.71. The molecule has 0 radical (unpaired) electrons. The number of ether oxygens (including phenoxy) is 3. The van der Waals surface area contributed by atoms with Crippen LogP contribution in [0, 0.1) is 0 Å². The zero-order chi connectivity index (χ0) is 21.2. The third-order valence-corrected chi connectivity index (χ3v) is 4.62. The van der Waals surface area contributed by atoms with Crippen molar-refractivity contribution in [1.29, 1.82) is 0 Å². The third-order valence-electron chi connectivity index (χ3n) is 3.88. The number of halogens is 2. The number of methoxy groups -OCH3 is 2. The minimum Gasteiger partial charge on any atom is -0.493 e. The minimum atomic E-state index is -0.633. The number of amides is 1. The molecule has 0 unspecified atom stereocenters. The van der Waals surface area contributed by atoms with Crippen molar-refractivity contribution in [3.8, 4) is 11.5 Å². The fraction of sp³-hybridized carbons (Fsp3) is 0.238. The standard InChI is InChI=1S/C21H21Cl2NO5/c1-27-18-7-4-15(12-19(18)28-2)9-10-24-20(25)13-29-21(26)8-5-14-3-6-16(22)17(23)11-14/h3-8,11-12H,9-10,13H2,1-2H3,(H,24,25)/b8-5+. The Kier molecular flexibility index (Phi) is 8.83. The predicted molar refractivity (Wildman–Crippen MR) is 113 cm³/mol. The quantitative estimate of drug-likeness (QED) is 0.475. The van der Waals surface area contributed by atoms with Gasteiger partial charge in [0.1, 0.15) is 0 Å². The van der Waals surface area contributed by atoms with E-state index in [9.17, 15) is 9.59 Å². The second kappa shape index (κ2) is 11.3. The molecule has 0 aliphatic carbocycles. The summed E-state index contributed by atoms with van der Waals surface area (Å²) in [4.78, 5) is 23.6. The van der Waals surface area contributed by atoms with E-state index in [1.165, 1.54) is 12.2 Å². The molecule has 154 valence electrons. The van der Waals surface area contributed by atoms with E-state index in [0.717, 1.165) is 5.56 Å². The van der Waals surface area contributed by atoms with Crippen molar-refractivity contribution in [2.45, 2.75) is 6.42 Å². The van der Waals surface area contributed by atoms with Crippen LogP contribution in [0.1, 0.15) is 11.1 Å². The average molecular weight is 438 g/mol. The van der Waals surface area contributed by atoms with Crippen molar-refractivity contribution >= 4 is 41.2 Å². The highest BCUT2D eigenvalue weighted by Gasteiger charge is 2.07. The van der Waals surface area contributed by atoms with E-state index in [0.29, 0.717) is 40.1 Å². The zero-order valence-corrected chi connectivity index (χ0v) is 17.5. The van der Waals surface area contributed by atoms with Gasteiger partial charge in [0.05, 0.1) is 24.3 Å². The molecule has 0 saturated heterocycles. The molecule has 8 heteroatoms. The molecule has 2 aromatic carbocycles. The second-order valence-electron chi connectivity index (χ2n) is 5.90. The van der Waals surface area contributed by atoms with Gasteiger partial charge in [-0.15, -0.1) is 0 Å². The first-order valence-electron chi connectivity index (χ1n) is 8.70. The first-order chi connectivity index (χ1) is 13.9. The van der Waals surface area contributed by atoms with E-state index >= 15 is 0 Å². The van der Waals surface area contributed by atoms with Crippen LogP contribution in [-0.4, -0.2) is 39.2 Å².